The largest absolute Gasteiger partial charge is 0.433 e. The minimum absolute atomic E-state index is 0.160. The Hall–Kier alpha value is -2.42. The van der Waals surface area contributed by atoms with Gasteiger partial charge >= 0.3 is 6.18 Å². The maximum Gasteiger partial charge on any atom is 0.433 e. The number of nitrogens with zero attached hydrogens (tertiary/aromatic N) is 3. The summed E-state index contributed by atoms with van der Waals surface area (Å²) in [7, 11) is 0. The van der Waals surface area contributed by atoms with Crippen LogP contribution >= 0.6 is 11.3 Å². The molecule has 0 aliphatic heterocycles. The van der Waals surface area contributed by atoms with Crippen LogP contribution < -0.4 is 5.56 Å². The van der Waals surface area contributed by atoms with E-state index < -0.39 is 23.0 Å². The van der Waals surface area contributed by atoms with Crippen molar-refractivity contribution in [1.29, 1.82) is 0 Å². The van der Waals surface area contributed by atoms with Crippen molar-refractivity contribution in [2.45, 2.75) is 32.4 Å². The first-order chi connectivity index (χ1) is 12.4. The van der Waals surface area contributed by atoms with E-state index in [1.54, 1.807) is 24.3 Å². The molecular formula is C17H17F3N4OS. The van der Waals surface area contributed by atoms with Gasteiger partial charge in [-0.1, -0.05) is 43.2 Å². The van der Waals surface area contributed by atoms with Gasteiger partial charge in [-0.3, -0.25) is 14.9 Å². The van der Waals surface area contributed by atoms with Crippen LogP contribution in [0.15, 0.2) is 34.1 Å². The second-order valence-electron chi connectivity index (χ2n) is 5.75. The summed E-state index contributed by atoms with van der Waals surface area (Å²) in [5, 5.41) is 2.31. The Morgan fingerprint density at radius 2 is 2.08 bits per heavy atom. The van der Waals surface area contributed by atoms with Gasteiger partial charge in [0.25, 0.3) is 5.56 Å². The van der Waals surface area contributed by atoms with Crippen molar-refractivity contribution >= 4 is 27.8 Å². The number of hydrogen-bond acceptors (Lipinski definition) is 4. The van der Waals surface area contributed by atoms with E-state index in [4.69, 9.17) is 0 Å². The molecule has 2 aromatic heterocycles. The molecule has 0 aliphatic rings. The van der Waals surface area contributed by atoms with Crippen molar-refractivity contribution in [2.75, 3.05) is 6.54 Å². The van der Waals surface area contributed by atoms with Crippen molar-refractivity contribution in [1.82, 2.24) is 14.8 Å². The molecule has 0 fully saturated rings. The van der Waals surface area contributed by atoms with Crippen LogP contribution in [0.3, 0.4) is 0 Å². The molecule has 2 heterocycles. The van der Waals surface area contributed by atoms with Gasteiger partial charge in [-0.2, -0.15) is 17.9 Å². The average Bonchev–Trinajstić information content (AvgIpc) is 3.15. The number of thiazole rings is 1. The third kappa shape index (κ3) is 3.72. The third-order valence-electron chi connectivity index (χ3n) is 3.79. The zero-order valence-electron chi connectivity index (χ0n) is 14.0. The quantitative estimate of drug-likeness (QED) is 0.507. The van der Waals surface area contributed by atoms with Crippen LogP contribution in [0.4, 0.5) is 13.2 Å². The Morgan fingerprint density at radius 1 is 1.31 bits per heavy atom. The zero-order valence-corrected chi connectivity index (χ0v) is 14.8. The van der Waals surface area contributed by atoms with Gasteiger partial charge in [-0.15, -0.1) is 0 Å². The molecule has 26 heavy (non-hydrogen) atoms. The minimum atomic E-state index is -4.69. The van der Waals surface area contributed by atoms with Crippen molar-refractivity contribution < 1.29 is 13.2 Å². The molecule has 0 bridgehead atoms. The topological polar surface area (TPSA) is 63.0 Å². The van der Waals surface area contributed by atoms with E-state index in [2.05, 4.69) is 15.1 Å². The van der Waals surface area contributed by atoms with Gasteiger partial charge in [0.05, 0.1) is 15.8 Å². The molecule has 3 rings (SSSR count). The molecule has 0 radical (unpaired) electrons. The van der Waals surface area contributed by atoms with E-state index in [0.717, 1.165) is 46.2 Å². The number of halogens is 3. The van der Waals surface area contributed by atoms with E-state index in [1.165, 1.54) is 0 Å². The first-order valence-electron chi connectivity index (χ1n) is 8.19. The average molecular weight is 382 g/mol. The van der Waals surface area contributed by atoms with E-state index in [-0.39, 0.29) is 5.13 Å². The Kier molecular flexibility index (Phi) is 5.26. The number of alkyl halides is 3. The van der Waals surface area contributed by atoms with E-state index in [9.17, 15) is 18.0 Å². The lowest BCUT2D eigenvalue weighted by Crippen LogP contribution is -2.17. The summed E-state index contributed by atoms with van der Waals surface area (Å²) < 4.78 is 41.6. The number of aromatic nitrogens is 3. The third-order valence-corrected chi connectivity index (χ3v) is 4.82. The SMILES string of the molecule is CCCCCN=Cc1c(C(F)(F)F)[nH]n(-c2nc3ccccc3s2)c1=O. The number of para-hydroxylation sites is 1. The maximum absolute atomic E-state index is 13.3. The van der Waals surface area contributed by atoms with Gasteiger partial charge in [0.15, 0.2) is 5.69 Å². The molecule has 1 aromatic carbocycles. The molecule has 5 nitrogen and oxygen atoms in total. The Morgan fingerprint density at radius 3 is 2.77 bits per heavy atom. The standard InChI is InChI=1S/C17H17F3N4OS/c1-2-3-6-9-21-10-11-14(17(18,19)20)23-24(15(11)25)16-22-12-7-4-5-8-13(12)26-16/h4-5,7-8,10,23H,2-3,6,9H2,1H3. The van der Waals surface area contributed by atoms with Crippen molar-refractivity contribution in [3.63, 3.8) is 0 Å². The number of unbranched alkanes of at least 4 members (excludes halogenated alkanes) is 2. The van der Waals surface area contributed by atoms with Crippen LogP contribution in [-0.2, 0) is 6.18 Å². The molecule has 9 heteroatoms. The fraction of sp³-hybridized carbons (Fsp3) is 0.353. The summed E-state index contributed by atoms with van der Waals surface area (Å²) >= 11 is 1.14. The molecule has 0 amide bonds. The monoisotopic (exact) mass is 382 g/mol. The molecule has 0 aliphatic carbocycles. The molecule has 0 atom stereocenters. The number of H-pyrrole nitrogens is 1. The highest BCUT2D eigenvalue weighted by Gasteiger charge is 2.38. The number of rotatable bonds is 6. The fourth-order valence-electron chi connectivity index (χ4n) is 2.49. The number of aromatic amines is 1. The summed E-state index contributed by atoms with van der Waals surface area (Å²) in [6.45, 7) is 2.41. The highest BCUT2D eigenvalue weighted by Crippen LogP contribution is 2.30. The first-order valence-corrected chi connectivity index (χ1v) is 9.01. The maximum atomic E-state index is 13.3. The van der Waals surface area contributed by atoms with Crippen molar-refractivity contribution in [3.8, 4) is 5.13 Å². The van der Waals surface area contributed by atoms with E-state index in [0.29, 0.717) is 12.1 Å². The van der Waals surface area contributed by atoms with Crippen LogP contribution in [0.25, 0.3) is 15.3 Å². The lowest BCUT2D eigenvalue weighted by molar-refractivity contribution is -0.141. The predicted octanol–water partition coefficient (Wildman–Crippen LogP) is 4.40. The van der Waals surface area contributed by atoms with E-state index in [1.807, 2.05) is 6.92 Å². The molecule has 0 saturated heterocycles. The number of hydrogen-bond donors (Lipinski definition) is 1. The number of aliphatic imine (C=N–C) groups is 1. The molecule has 0 saturated carbocycles. The summed E-state index contributed by atoms with van der Waals surface area (Å²) in [6.07, 6.45) is -0.984. The first kappa shape index (κ1) is 18.4. The van der Waals surface area contributed by atoms with Gasteiger partial charge in [-0.05, 0) is 18.6 Å². The molecular weight excluding hydrogens is 365 g/mol. The molecule has 3 aromatic rings. The molecule has 1 N–H and O–H groups in total. The Labute approximate surface area is 151 Å². The second-order valence-corrected chi connectivity index (χ2v) is 6.75. The van der Waals surface area contributed by atoms with Crippen LogP contribution in [0.2, 0.25) is 0 Å². The van der Waals surface area contributed by atoms with Gasteiger partial charge < -0.3 is 0 Å². The number of benzene rings is 1. The molecule has 138 valence electrons. The number of fused-ring (bicyclic) bond motifs is 1. The lowest BCUT2D eigenvalue weighted by Gasteiger charge is -2.03. The summed E-state index contributed by atoms with van der Waals surface area (Å²) in [6, 6.07) is 7.12. The van der Waals surface area contributed by atoms with Gasteiger partial charge in [0, 0.05) is 12.8 Å². The molecule has 0 unspecified atom stereocenters. The van der Waals surface area contributed by atoms with Gasteiger partial charge in [-0.25, -0.2) is 4.98 Å². The smallest absolute Gasteiger partial charge is 0.292 e. The van der Waals surface area contributed by atoms with Crippen LogP contribution in [0.1, 0.15) is 37.4 Å². The van der Waals surface area contributed by atoms with E-state index >= 15 is 0 Å². The zero-order chi connectivity index (χ0) is 18.7. The normalized spacial score (nSPS) is 12.5. The summed E-state index contributed by atoms with van der Waals surface area (Å²) in [4.78, 5) is 20.8. The highest BCUT2D eigenvalue weighted by atomic mass is 32.1. The Bertz CT molecular complexity index is 951. The Balaban J connectivity index is 2.02. The van der Waals surface area contributed by atoms with Gasteiger partial charge in [0.2, 0.25) is 5.13 Å². The van der Waals surface area contributed by atoms with Gasteiger partial charge in [0.1, 0.15) is 0 Å². The molecule has 0 spiro atoms. The minimum Gasteiger partial charge on any atom is -0.292 e. The van der Waals surface area contributed by atoms with Crippen molar-refractivity contribution in [3.05, 3.63) is 45.9 Å². The highest BCUT2D eigenvalue weighted by molar-refractivity contribution is 7.20. The lowest BCUT2D eigenvalue weighted by atomic mass is 10.2. The second kappa shape index (κ2) is 7.45. The summed E-state index contributed by atoms with van der Waals surface area (Å²) in [5.41, 5.74) is -1.79. The predicted molar refractivity (Wildman–Crippen MR) is 96.6 cm³/mol. The van der Waals surface area contributed by atoms with Crippen LogP contribution in [0, 0.1) is 0 Å². The summed E-state index contributed by atoms with van der Waals surface area (Å²) in [5.74, 6) is 0. The fourth-order valence-corrected chi connectivity index (χ4v) is 3.41. The van der Waals surface area contributed by atoms with Crippen LogP contribution in [0.5, 0.6) is 0 Å². The van der Waals surface area contributed by atoms with Crippen molar-refractivity contribution in [2.24, 2.45) is 4.99 Å². The van der Waals surface area contributed by atoms with Crippen LogP contribution in [-0.4, -0.2) is 27.5 Å². The number of nitrogens with one attached hydrogen (secondary N) is 1.